The minimum atomic E-state index is -0.468. The van der Waals surface area contributed by atoms with E-state index in [1.54, 1.807) is 14.0 Å². The number of hydrogen-bond acceptors (Lipinski definition) is 4. The predicted molar refractivity (Wildman–Crippen MR) is 84.3 cm³/mol. The monoisotopic (exact) mass is 311 g/mol. The summed E-state index contributed by atoms with van der Waals surface area (Å²) in [5.74, 6) is -0.254. The van der Waals surface area contributed by atoms with E-state index in [0.717, 1.165) is 5.56 Å². The minimum Gasteiger partial charge on any atom is -0.345 e. The molecule has 0 heterocycles. The fraction of sp³-hybridized carbons (Fsp3) is 0.467. The molecule has 6 heteroatoms. The van der Waals surface area contributed by atoms with Gasteiger partial charge in [-0.2, -0.15) is 0 Å². The van der Waals surface area contributed by atoms with E-state index in [-0.39, 0.29) is 17.7 Å². The molecule has 0 spiro atoms. The molecule has 0 aliphatic carbocycles. The molecular weight excluding hydrogens is 290 g/mol. The summed E-state index contributed by atoms with van der Waals surface area (Å²) in [4.78, 5) is 23.1. The minimum absolute atomic E-state index is 0.0627. The Morgan fingerprint density at radius 2 is 1.86 bits per heavy atom. The van der Waals surface area contributed by atoms with Gasteiger partial charge in [0.15, 0.2) is 5.78 Å². The van der Waals surface area contributed by atoms with Gasteiger partial charge in [0, 0.05) is 18.1 Å². The van der Waals surface area contributed by atoms with Crippen molar-refractivity contribution in [1.29, 1.82) is 0 Å². The smallest absolute Gasteiger partial charge is 0.239 e. The Labute approximate surface area is 130 Å². The second-order valence-electron chi connectivity index (χ2n) is 4.94. The van der Waals surface area contributed by atoms with Crippen molar-refractivity contribution < 1.29 is 9.59 Å². The van der Waals surface area contributed by atoms with Crippen LogP contribution in [-0.4, -0.2) is 37.4 Å². The van der Waals surface area contributed by atoms with Crippen LogP contribution in [0.25, 0.3) is 0 Å². The Hall–Kier alpha value is -1.43. The predicted octanol–water partition coefficient (Wildman–Crippen LogP) is 1.11. The van der Waals surface area contributed by atoms with Crippen LogP contribution < -0.4 is 16.0 Å². The third-order valence-electron chi connectivity index (χ3n) is 3.22. The molecule has 0 saturated carbocycles. The molecule has 2 atom stereocenters. The number of rotatable bonds is 8. The number of carbonyl (C=O) groups excluding carboxylic acids is 2. The average Bonchev–Trinajstić information content (AvgIpc) is 2.45. The van der Waals surface area contributed by atoms with E-state index < -0.39 is 6.04 Å². The van der Waals surface area contributed by atoms with Gasteiger partial charge < -0.3 is 16.0 Å². The first kappa shape index (κ1) is 17.6. The van der Waals surface area contributed by atoms with Gasteiger partial charge in [-0.15, -0.1) is 0 Å². The van der Waals surface area contributed by atoms with Crippen molar-refractivity contribution in [1.82, 2.24) is 16.0 Å². The molecule has 3 N–H and O–H groups in total. The second kappa shape index (κ2) is 8.77. The van der Waals surface area contributed by atoms with Crippen LogP contribution in [-0.2, 0) is 16.1 Å². The van der Waals surface area contributed by atoms with Gasteiger partial charge in [-0.05, 0) is 38.6 Å². The quantitative estimate of drug-likeness (QED) is 0.673. The maximum atomic E-state index is 12.0. The van der Waals surface area contributed by atoms with Crippen LogP contribution >= 0.6 is 11.6 Å². The number of hydrogen-bond donors (Lipinski definition) is 3. The van der Waals surface area contributed by atoms with E-state index in [1.165, 1.54) is 6.92 Å². The van der Waals surface area contributed by atoms with Gasteiger partial charge in [0.1, 0.15) is 0 Å². The van der Waals surface area contributed by atoms with Crippen molar-refractivity contribution in [3.63, 3.8) is 0 Å². The third kappa shape index (κ3) is 6.25. The molecule has 0 aromatic heterocycles. The highest BCUT2D eigenvalue weighted by Crippen LogP contribution is 2.09. The number of likely N-dealkylation sites (N-methyl/N-ethyl adjacent to an activating group) is 1. The lowest BCUT2D eigenvalue weighted by Crippen LogP contribution is -2.51. The molecule has 1 aromatic carbocycles. The van der Waals surface area contributed by atoms with E-state index in [2.05, 4.69) is 16.0 Å². The van der Waals surface area contributed by atoms with Gasteiger partial charge in [0.2, 0.25) is 5.91 Å². The summed E-state index contributed by atoms with van der Waals surface area (Å²) in [5.41, 5.74) is 1.09. The van der Waals surface area contributed by atoms with E-state index >= 15 is 0 Å². The summed E-state index contributed by atoms with van der Waals surface area (Å²) in [6, 6.07) is 6.66. The molecule has 0 bridgehead atoms. The van der Waals surface area contributed by atoms with E-state index in [1.807, 2.05) is 24.3 Å². The van der Waals surface area contributed by atoms with Gasteiger partial charge in [-0.25, -0.2) is 0 Å². The van der Waals surface area contributed by atoms with Crippen molar-refractivity contribution in [3.05, 3.63) is 34.9 Å². The molecule has 116 valence electrons. The lowest BCUT2D eigenvalue weighted by Gasteiger charge is -2.19. The first-order valence-corrected chi connectivity index (χ1v) is 7.25. The zero-order chi connectivity index (χ0) is 15.8. The highest BCUT2D eigenvalue weighted by molar-refractivity contribution is 6.30. The summed E-state index contributed by atoms with van der Waals surface area (Å²) in [6.07, 6.45) is 0. The van der Waals surface area contributed by atoms with Crippen LogP contribution in [0.4, 0.5) is 0 Å². The number of benzene rings is 1. The summed E-state index contributed by atoms with van der Waals surface area (Å²) < 4.78 is 0. The third-order valence-corrected chi connectivity index (χ3v) is 3.48. The number of ketones is 1. The standard InChI is InChI=1S/C15H22ClN3O2/c1-10(11(2)20)19-15(21)14(17-3)9-18-8-12-4-6-13(16)7-5-12/h4-7,10,14,17-18H,8-9H2,1-3H3,(H,19,21). The summed E-state index contributed by atoms with van der Waals surface area (Å²) in [7, 11) is 1.71. The number of amides is 1. The molecule has 1 aromatic rings. The molecule has 2 unspecified atom stereocenters. The van der Waals surface area contributed by atoms with Crippen molar-refractivity contribution in [2.24, 2.45) is 0 Å². The van der Waals surface area contributed by atoms with E-state index in [0.29, 0.717) is 18.1 Å². The number of nitrogens with one attached hydrogen (secondary N) is 3. The van der Waals surface area contributed by atoms with Crippen molar-refractivity contribution in [2.45, 2.75) is 32.5 Å². The van der Waals surface area contributed by atoms with Crippen LogP contribution in [0.15, 0.2) is 24.3 Å². The number of halogens is 1. The fourth-order valence-electron chi connectivity index (χ4n) is 1.70. The Morgan fingerprint density at radius 1 is 1.24 bits per heavy atom. The van der Waals surface area contributed by atoms with Gasteiger partial charge in [-0.3, -0.25) is 9.59 Å². The second-order valence-corrected chi connectivity index (χ2v) is 5.38. The Bertz CT molecular complexity index is 476. The maximum absolute atomic E-state index is 12.0. The maximum Gasteiger partial charge on any atom is 0.239 e. The molecular formula is C15H22ClN3O2. The number of Topliss-reactive ketones (excluding diaryl/α,β-unsaturated/α-hetero) is 1. The van der Waals surface area contributed by atoms with Crippen LogP contribution in [0, 0.1) is 0 Å². The van der Waals surface area contributed by atoms with E-state index in [9.17, 15) is 9.59 Å². The average molecular weight is 312 g/mol. The van der Waals surface area contributed by atoms with Gasteiger partial charge in [-0.1, -0.05) is 23.7 Å². The summed E-state index contributed by atoms with van der Waals surface area (Å²) in [5, 5.41) is 9.52. The molecule has 0 saturated heterocycles. The molecule has 5 nitrogen and oxygen atoms in total. The summed E-state index contributed by atoms with van der Waals surface area (Å²) >= 11 is 5.82. The number of carbonyl (C=O) groups is 2. The fourth-order valence-corrected chi connectivity index (χ4v) is 1.83. The van der Waals surface area contributed by atoms with Crippen LogP contribution in [0.1, 0.15) is 19.4 Å². The lowest BCUT2D eigenvalue weighted by atomic mass is 10.2. The molecule has 1 rings (SSSR count). The zero-order valence-corrected chi connectivity index (χ0v) is 13.3. The highest BCUT2D eigenvalue weighted by atomic mass is 35.5. The molecule has 21 heavy (non-hydrogen) atoms. The van der Waals surface area contributed by atoms with Gasteiger partial charge in [0.25, 0.3) is 0 Å². The SMILES string of the molecule is CNC(CNCc1ccc(Cl)cc1)C(=O)NC(C)C(C)=O. The van der Waals surface area contributed by atoms with E-state index in [4.69, 9.17) is 11.6 Å². The first-order valence-electron chi connectivity index (χ1n) is 6.87. The molecule has 0 radical (unpaired) electrons. The van der Waals surface area contributed by atoms with Crippen molar-refractivity contribution in [3.8, 4) is 0 Å². The van der Waals surface area contributed by atoms with Crippen molar-refractivity contribution >= 4 is 23.3 Å². The molecule has 0 aliphatic rings. The lowest BCUT2D eigenvalue weighted by molar-refractivity contribution is -0.127. The van der Waals surface area contributed by atoms with Crippen LogP contribution in [0.2, 0.25) is 5.02 Å². The topological polar surface area (TPSA) is 70.2 Å². The van der Waals surface area contributed by atoms with Gasteiger partial charge in [0.05, 0.1) is 12.1 Å². The first-order chi connectivity index (χ1) is 9.93. The molecule has 0 fully saturated rings. The largest absolute Gasteiger partial charge is 0.345 e. The molecule has 0 aliphatic heterocycles. The van der Waals surface area contributed by atoms with Crippen molar-refractivity contribution in [2.75, 3.05) is 13.6 Å². The Morgan fingerprint density at radius 3 is 2.38 bits per heavy atom. The zero-order valence-electron chi connectivity index (χ0n) is 12.6. The Kier molecular flexibility index (Phi) is 7.36. The summed E-state index contributed by atoms with van der Waals surface area (Å²) in [6.45, 7) is 4.24. The Balaban J connectivity index is 2.41. The van der Waals surface area contributed by atoms with Crippen LogP contribution in [0.5, 0.6) is 0 Å². The van der Waals surface area contributed by atoms with Gasteiger partial charge >= 0.3 is 0 Å². The highest BCUT2D eigenvalue weighted by Gasteiger charge is 2.19. The van der Waals surface area contributed by atoms with Crippen LogP contribution in [0.3, 0.4) is 0 Å². The normalized spacial score (nSPS) is 13.5. The molecule has 1 amide bonds.